The molecule has 0 aliphatic carbocycles. The first kappa shape index (κ1) is 13.4. The Morgan fingerprint density at radius 1 is 1.40 bits per heavy atom. The van der Waals surface area contributed by atoms with Gasteiger partial charge in [0.05, 0.1) is 13.2 Å². The lowest BCUT2D eigenvalue weighted by atomic mass is 9.99. The number of ether oxygens (including phenoxy) is 1. The lowest BCUT2D eigenvalue weighted by molar-refractivity contribution is 0.0673. The van der Waals surface area contributed by atoms with E-state index in [2.05, 4.69) is 24.7 Å². The van der Waals surface area contributed by atoms with Crippen LogP contribution in [0.15, 0.2) is 4.99 Å². The van der Waals surface area contributed by atoms with Crippen molar-refractivity contribution < 1.29 is 4.74 Å². The van der Waals surface area contributed by atoms with Crippen LogP contribution < -0.4 is 5.73 Å². The zero-order valence-electron chi connectivity index (χ0n) is 12.0. The van der Waals surface area contributed by atoms with Crippen molar-refractivity contribution in [1.29, 1.82) is 0 Å². The lowest BCUT2D eigenvalue weighted by Crippen LogP contribution is -2.45. The smallest absolute Gasteiger partial charge is 0.191 e. The molecule has 0 bridgehead atoms. The molecule has 2 aliphatic rings. The number of hydrogen-bond acceptors (Lipinski definition) is 4. The SMILES string of the molecule is Cc1nnc2n1CC(CN=C(N)N1CCOCC1)CC2. The van der Waals surface area contributed by atoms with Gasteiger partial charge in [-0.25, -0.2) is 0 Å². The van der Waals surface area contributed by atoms with Crippen LogP contribution in [0.3, 0.4) is 0 Å². The number of nitrogens with two attached hydrogens (primary N) is 1. The second-order valence-electron chi connectivity index (χ2n) is 5.48. The molecule has 3 heterocycles. The molecule has 0 amide bonds. The van der Waals surface area contributed by atoms with Crippen LogP contribution >= 0.6 is 0 Å². The fourth-order valence-corrected chi connectivity index (χ4v) is 2.79. The molecular formula is C13H22N6O. The number of guanidine groups is 1. The van der Waals surface area contributed by atoms with Crippen LogP contribution in [0.2, 0.25) is 0 Å². The Hall–Kier alpha value is -1.63. The molecule has 0 aromatic carbocycles. The molecule has 110 valence electrons. The molecule has 1 unspecified atom stereocenters. The van der Waals surface area contributed by atoms with E-state index >= 15 is 0 Å². The Balaban J connectivity index is 1.57. The Morgan fingerprint density at radius 2 is 2.20 bits per heavy atom. The van der Waals surface area contributed by atoms with E-state index in [1.165, 1.54) is 0 Å². The van der Waals surface area contributed by atoms with Gasteiger partial charge in [0, 0.05) is 32.6 Å². The summed E-state index contributed by atoms with van der Waals surface area (Å²) in [5, 5.41) is 8.32. The number of aliphatic imine (C=N–C) groups is 1. The molecule has 0 spiro atoms. The lowest BCUT2D eigenvalue weighted by Gasteiger charge is -2.28. The minimum atomic E-state index is 0.525. The summed E-state index contributed by atoms with van der Waals surface area (Å²) in [4.78, 5) is 6.67. The highest BCUT2D eigenvalue weighted by Crippen LogP contribution is 2.20. The van der Waals surface area contributed by atoms with Crippen molar-refractivity contribution in [3.8, 4) is 0 Å². The van der Waals surface area contributed by atoms with Crippen LogP contribution in [-0.4, -0.2) is 58.5 Å². The summed E-state index contributed by atoms with van der Waals surface area (Å²) in [6.07, 6.45) is 2.09. The van der Waals surface area contributed by atoms with E-state index in [4.69, 9.17) is 10.5 Å². The maximum absolute atomic E-state index is 6.06. The average Bonchev–Trinajstić information content (AvgIpc) is 2.87. The van der Waals surface area contributed by atoms with Crippen LogP contribution in [0.5, 0.6) is 0 Å². The molecule has 1 aromatic rings. The van der Waals surface area contributed by atoms with Crippen molar-refractivity contribution in [3.05, 3.63) is 11.6 Å². The maximum atomic E-state index is 6.06. The van der Waals surface area contributed by atoms with Crippen LogP contribution in [0, 0.1) is 12.8 Å². The molecule has 1 atom stereocenters. The number of aromatic nitrogens is 3. The molecule has 0 radical (unpaired) electrons. The van der Waals surface area contributed by atoms with Crippen LogP contribution in [-0.2, 0) is 17.7 Å². The van der Waals surface area contributed by atoms with Crippen LogP contribution in [0.25, 0.3) is 0 Å². The summed E-state index contributed by atoms with van der Waals surface area (Å²) in [5.41, 5.74) is 6.06. The van der Waals surface area contributed by atoms with Gasteiger partial charge < -0.3 is 19.9 Å². The standard InChI is InChI=1S/C13H22N6O/c1-10-16-17-12-3-2-11(9-19(10)12)8-15-13(14)18-4-6-20-7-5-18/h11H,2-9H2,1H3,(H2,14,15). The number of fused-ring (bicyclic) bond motifs is 1. The van der Waals surface area contributed by atoms with Crippen molar-refractivity contribution in [1.82, 2.24) is 19.7 Å². The van der Waals surface area contributed by atoms with E-state index in [-0.39, 0.29) is 0 Å². The zero-order chi connectivity index (χ0) is 13.9. The largest absolute Gasteiger partial charge is 0.378 e. The summed E-state index contributed by atoms with van der Waals surface area (Å²) in [6.45, 7) is 6.90. The van der Waals surface area contributed by atoms with Crippen molar-refractivity contribution in [2.24, 2.45) is 16.6 Å². The number of nitrogens with zero attached hydrogens (tertiary/aromatic N) is 5. The van der Waals surface area contributed by atoms with Gasteiger partial charge in [-0.15, -0.1) is 10.2 Å². The summed E-state index contributed by atoms with van der Waals surface area (Å²) < 4.78 is 7.52. The van der Waals surface area contributed by atoms with Crippen molar-refractivity contribution in [2.75, 3.05) is 32.8 Å². The Morgan fingerprint density at radius 3 is 3.00 bits per heavy atom. The normalized spacial score (nSPS) is 23.8. The molecule has 7 heteroatoms. The minimum absolute atomic E-state index is 0.525. The van der Waals surface area contributed by atoms with E-state index in [1.54, 1.807) is 0 Å². The van der Waals surface area contributed by atoms with E-state index in [0.29, 0.717) is 11.9 Å². The fraction of sp³-hybridized carbons (Fsp3) is 0.769. The first-order chi connectivity index (χ1) is 9.74. The average molecular weight is 278 g/mol. The molecule has 2 N–H and O–H groups in total. The molecular weight excluding hydrogens is 256 g/mol. The predicted molar refractivity (Wildman–Crippen MR) is 75.5 cm³/mol. The summed E-state index contributed by atoms with van der Waals surface area (Å²) in [6, 6.07) is 0. The second kappa shape index (κ2) is 5.78. The highest BCUT2D eigenvalue weighted by atomic mass is 16.5. The molecule has 1 saturated heterocycles. The maximum Gasteiger partial charge on any atom is 0.191 e. The Labute approximate surface area is 118 Å². The van der Waals surface area contributed by atoms with Gasteiger partial charge in [0.1, 0.15) is 11.6 Å². The van der Waals surface area contributed by atoms with Gasteiger partial charge in [0.2, 0.25) is 0 Å². The van der Waals surface area contributed by atoms with Gasteiger partial charge in [-0.3, -0.25) is 4.99 Å². The molecule has 0 saturated carbocycles. The zero-order valence-corrected chi connectivity index (χ0v) is 12.0. The molecule has 20 heavy (non-hydrogen) atoms. The van der Waals surface area contributed by atoms with Gasteiger partial charge in [-0.1, -0.05) is 0 Å². The van der Waals surface area contributed by atoms with Gasteiger partial charge in [-0.05, 0) is 19.3 Å². The third-order valence-corrected chi connectivity index (χ3v) is 4.08. The highest BCUT2D eigenvalue weighted by Gasteiger charge is 2.21. The first-order valence-electron chi connectivity index (χ1n) is 7.25. The number of hydrogen-bond donors (Lipinski definition) is 1. The second-order valence-corrected chi connectivity index (χ2v) is 5.48. The third-order valence-electron chi connectivity index (χ3n) is 4.08. The predicted octanol–water partition coefficient (Wildman–Crippen LogP) is -0.204. The van der Waals surface area contributed by atoms with E-state index in [9.17, 15) is 0 Å². The fourth-order valence-electron chi connectivity index (χ4n) is 2.79. The quantitative estimate of drug-likeness (QED) is 0.598. The molecule has 2 aliphatic heterocycles. The van der Waals surface area contributed by atoms with Crippen molar-refractivity contribution >= 4 is 5.96 Å². The van der Waals surface area contributed by atoms with Crippen LogP contribution in [0.4, 0.5) is 0 Å². The molecule has 1 aromatic heterocycles. The van der Waals surface area contributed by atoms with E-state index < -0.39 is 0 Å². The molecule has 3 rings (SSSR count). The topological polar surface area (TPSA) is 81.6 Å². The Kier molecular flexibility index (Phi) is 3.86. The highest BCUT2D eigenvalue weighted by molar-refractivity contribution is 5.78. The summed E-state index contributed by atoms with van der Waals surface area (Å²) in [5.74, 6) is 3.27. The number of aryl methyl sites for hydroxylation is 2. The van der Waals surface area contributed by atoms with Crippen molar-refractivity contribution in [2.45, 2.75) is 26.3 Å². The van der Waals surface area contributed by atoms with E-state index in [0.717, 1.165) is 63.9 Å². The van der Waals surface area contributed by atoms with Gasteiger partial charge in [-0.2, -0.15) is 0 Å². The third kappa shape index (κ3) is 2.77. The van der Waals surface area contributed by atoms with Gasteiger partial charge >= 0.3 is 0 Å². The first-order valence-corrected chi connectivity index (χ1v) is 7.25. The summed E-state index contributed by atoms with van der Waals surface area (Å²) in [7, 11) is 0. The van der Waals surface area contributed by atoms with Gasteiger partial charge in [0.15, 0.2) is 5.96 Å². The monoisotopic (exact) mass is 278 g/mol. The van der Waals surface area contributed by atoms with E-state index in [1.807, 2.05) is 6.92 Å². The minimum Gasteiger partial charge on any atom is -0.378 e. The van der Waals surface area contributed by atoms with Crippen molar-refractivity contribution in [3.63, 3.8) is 0 Å². The molecule has 7 nitrogen and oxygen atoms in total. The van der Waals surface area contributed by atoms with Crippen LogP contribution in [0.1, 0.15) is 18.1 Å². The number of rotatable bonds is 2. The van der Waals surface area contributed by atoms with Gasteiger partial charge in [0.25, 0.3) is 0 Å². The summed E-state index contributed by atoms with van der Waals surface area (Å²) >= 11 is 0. The number of morpholine rings is 1. The Bertz CT molecular complexity index is 491. The molecule has 1 fully saturated rings.